The first kappa shape index (κ1) is 15.5. The number of fused-ring (bicyclic) bond motifs is 1. The molecule has 0 saturated heterocycles. The van der Waals surface area contributed by atoms with Crippen LogP contribution in [-0.2, 0) is 0 Å². The van der Waals surface area contributed by atoms with Crippen LogP contribution in [0.3, 0.4) is 0 Å². The number of carbonyl (C=O) groups is 1. The molecular formula is C19H17ClN2O. The van der Waals surface area contributed by atoms with Crippen molar-refractivity contribution < 1.29 is 4.79 Å². The van der Waals surface area contributed by atoms with Crippen LogP contribution in [0.25, 0.3) is 22.2 Å². The summed E-state index contributed by atoms with van der Waals surface area (Å²) in [5.74, 6) is -0.0891. The van der Waals surface area contributed by atoms with E-state index >= 15 is 0 Å². The van der Waals surface area contributed by atoms with E-state index in [1.54, 1.807) is 0 Å². The molecule has 1 aromatic heterocycles. The van der Waals surface area contributed by atoms with E-state index in [0.29, 0.717) is 10.6 Å². The molecule has 1 amide bonds. The molecule has 116 valence electrons. The van der Waals surface area contributed by atoms with E-state index in [4.69, 9.17) is 11.6 Å². The van der Waals surface area contributed by atoms with E-state index in [9.17, 15) is 4.79 Å². The summed E-state index contributed by atoms with van der Waals surface area (Å²) in [6.07, 6.45) is 0. The molecule has 23 heavy (non-hydrogen) atoms. The Bertz CT molecular complexity index is 857. The van der Waals surface area contributed by atoms with Gasteiger partial charge in [-0.2, -0.15) is 0 Å². The molecule has 3 aromatic rings. The van der Waals surface area contributed by atoms with Crippen LogP contribution >= 0.6 is 11.6 Å². The maximum Gasteiger partial charge on any atom is 0.252 e. The Morgan fingerprint density at radius 1 is 1.09 bits per heavy atom. The molecule has 2 aromatic carbocycles. The minimum atomic E-state index is -0.0891. The number of hydrogen-bond acceptors (Lipinski definition) is 2. The number of aromatic nitrogens is 1. The molecule has 0 aliphatic heterocycles. The lowest BCUT2D eigenvalue weighted by atomic mass is 10.0. The van der Waals surface area contributed by atoms with Crippen molar-refractivity contribution in [3.8, 4) is 11.3 Å². The van der Waals surface area contributed by atoms with Gasteiger partial charge in [0.2, 0.25) is 0 Å². The topological polar surface area (TPSA) is 42.0 Å². The van der Waals surface area contributed by atoms with Gasteiger partial charge in [0.05, 0.1) is 16.8 Å². The van der Waals surface area contributed by atoms with Crippen molar-refractivity contribution in [2.24, 2.45) is 0 Å². The number of para-hydroxylation sites is 1. The zero-order valence-electron chi connectivity index (χ0n) is 13.0. The second kappa shape index (κ2) is 6.39. The Morgan fingerprint density at radius 3 is 2.48 bits per heavy atom. The summed E-state index contributed by atoms with van der Waals surface area (Å²) in [5, 5.41) is 4.47. The van der Waals surface area contributed by atoms with Crippen molar-refractivity contribution in [2.75, 3.05) is 0 Å². The summed E-state index contributed by atoms with van der Waals surface area (Å²) in [4.78, 5) is 17.2. The molecule has 0 aliphatic rings. The quantitative estimate of drug-likeness (QED) is 0.759. The standard InChI is InChI=1S/C19H17ClN2O/c1-12(2)21-19(23)16-11-18(13-7-9-14(20)10-8-13)22-17-6-4-3-5-15(16)17/h3-12H,1-2H3,(H,21,23). The zero-order chi connectivity index (χ0) is 16.4. The monoisotopic (exact) mass is 324 g/mol. The van der Waals surface area contributed by atoms with Crippen molar-refractivity contribution in [3.63, 3.8) is 0 Å². The van der Waals surface area contributed by atoms with Crippen LogP contribution in [0.15, 0.2) is 54.6 Å². The highest BCUT2D eigenvalue weighted by molar-refractivity contribution is 6.30. The van der Waals surface area contributed by atoms with Gasteiger partial charge in [0.1, 0.15) is 0 Å². The van der Waals surface area contributed by atoms with Gasteiger partial charge in [-0.05, 0) is 38.1 Å². The number of amides is 1. The van der Waals surface area contributed by atoms with Crippen molar-refractivity contribution in [2.45, 2.75) is 19.9 Å². The normalized spacial score (nSPS) is 11.0. The molecule has 4 heteroatoms. The average molecular weight is 325 g/mol. The van der Waals surface area contributed by atoms with Crippen molar-refractivity contribution in [3.05, 3.63) is 65.2 Å². The van der Waals surface area contributed by atoms with Crippen LogP contribution in [0, 0.1) is 0 Å². The largest absolute Gasteiger partial charge is 0.350 e. The number of rotatable bonds is 3. The van der Waals surface area contributed by atoms with Crippen LogP contribution in [0.4, 0.5) is 0 Å². The number of pyridine rings is 1. The van der Waals surface area contributed by atoms with Crippen molar-refractivity contribution >= 4 is 28.4 Å². The van der Waals surface area contributed by atoms with Crippen LogP contribution < -0.4 is 5.32 Å². The Kier molecular flexibility index (Phi) is 4.30. The van der Waals surface area contributed by atoms with Gasteiger partial charge in [-0.25, -0.2) is 4.98 Å². The Morgan fingerprint density at radius 2 is 1.78 bits per heavy atom. The molecule has 0 bridgehead atoms. The Balaban J connectivity index is 2.17. The Labute approximate surface area is 140 Å². The first-order valence-electron chi connectivity index (χ1n) is 7.51. The summed E-state index contributed by atoms with van der Waals surface area (Å²) < 4.78 is 0. The molecule has 0 fully saturated rings. The molecule has 0 saturated carbocycles. The second-order valence-corrected chi connectivity index (χ2v) is 6.14. The number of nitrogens with one attached hydrogen (secondary N) is 1. The smallest absolute Gasteiger partial charge is 0.252 e. The molecule has 1 heterocycles. The molecule has 3 rings (SSSR count). The average Bonchev–Trinajstić information content (AvgIpc) is 2.54. The lowest BCUT2D eigenvalue weighted by Crippen LogP contribution is -2.30. The summed E-state index contributed by atoms with van der Waals surface area (Å²) in [6, 6.07) is 17.0. The molecule has 0 aliphatic carbocycles. The van der Waals surface area contributed by atoms with Crippen LogP contribution in [0.2, 0.25) is 5.02 Å². The van der Waals surface area contributed by atoms with Gasteiger partial charge in [-0.1, -0.05) is 41.9 Å². The summed E-state index contributed by atoms with van der Waals surface area (Å²) in [5.41, 5.74) is 3.12. The fraction of sp³-hybridized carbons (Fsp3) is 0.158. The SMILES string of the molecule is CC(C)NC(=O)c1cc(-c2ccc(Cl)cc2)nc2ccccc12. The number of benzene rings is 2. The van der Waals surface area contributed by atoms with E-state index < -0.39 is 0 Å². The van der Waals surface area contributed by atoms with E-state index in [1.165, 1.54) is 0 Å². The van der Waals surface area contributed by atoms with Crippen LogP contribution in [-0.4, -0.2) is 16.9 Å². The van der Waals surface area contributed by atoms with Crippen LogP contribution in [0.1, 0.15) is 24.2 Å². The second-order valence-electron chi connectivity index (χ2n) is 5.71. The van der Waals surface area contributed by atoms with Gasteiger partial charge in [0.25, 0.3) is 5.91 Å². The third kappa shape index (κ3) is 3.35. The molecule has 1 N–H and O–H groups in total. The third-order valence-corrected chi connectivity index (χ3v) is 3.77. The first-order valence-corrected chi connectivity index (χ1v) is 7.89. The lowest BCUT2D eigenvalue weighted by Gasteiger charge is -2.12. The molecule has 0 spiro atoms. The summed E-state index contributed by atoms with van der Waals surface area (Å²) >= 11 is 5.95. The third-order valence-electron chi connectivity index (χ3n) is 3.52. The lowest BCUT2D eigenvalue weighted by molar-refractivity contribution is 0.0945. The van der Waals surface area contributed by atoms with E-state index in [1.807, 2.05) is 68.4 Å². The minimum absolute atomic E-state index is 0.0772. The molecule has 0 unspecified atom stereocenters. The highest BCUT2D eigenvalue weighted by Crippen LogP contribution is 2.26. The fourth-order valence-electron chi connectivity index (χ4n) is 2.47. The van der Waals surface area contributed by atoms with E-state index in [0.717, 1.165) is 22.2 Å². The summed E-state index contributed by atoms with van der Waals surface area (Å²) in [6.45, 7) is 3.89. The van der Waals surface area contributed by atoms with Gasteiger partial charge in [-0.3, -0.25) is 4.79 Å². The van der Waals surface area contributed by atoms with Gasteiger partial charge >= 0.3 is 0 Å². The van der Waals surface area contributed by atoms with E-state index in [-0.39, 0.29) is 11.9 Å². The zero-order valence-corrected chi connectivity index (χ0v) is 13.8. The molecule has 0 atom stereocenters. The number of hydrogen-bond donors (Lipinski definition) is 1. The van der Waals surface area contributed by atoms with Crippen LogP contribution in [0.5, 0.6) is 0 Å². The molecule has 0 radical (unpaired) electrons. The predicted molar refractivity (Wildman–Crippen MR) is 94.8 cm³/mol. The van der Waals surface area contributed by atoms with Gasteiger partial charge in [0, 0.05) is 22.0 Å². The number of nitrogens with zero attached hydrogens (tertiary/aromatic N) is 1. The van der Waals surface area contributed by atoms with Gasteiger partial charge in [-0.15, -0.1) is 0 Å². The minimum Gasteiger partial charge on any atom is -0.350 e. The van der Waals surface area contributed by atoms with Gasteiger partial charge in [0.15, 0.2) is 0 Å². The molecular weight excluding hydrogens is 308 g/mol. The fourth-order valence-corrected chi connectivity index (χ4v) is 2.60. The first-order chi connectivity index (χ1) is 11.0. The highest BCUT2D eigenvalue weighted by Gasteiger charge is 2.14. The summed E-state index contributed by atoms with van der Waals surface area (Å²) in [7, 11) is 0. The van der Waals surface area contributed by atoms with Gasteiger partial charge < -0.3 is 5.32 Å². The predicted octanol–water partition coefficient (Wildman–Crippen LogP) is 4.69. The number of carbonyl (C=O) groups excluding carboxylic acids is 1. The van der Waals surface area contributed by atoms with E-state index in [2.05, 4.69) is 10.3 Å². The highest BCUT2D eigenvalue weighted by atomic mass is 35.5. The van der Waals surface area contributed by atoms with Crippen molar-refractivity contribution in [1.29, 1.82) is 0 Å². The van der Waals surface area contributed by atoms with Crippen molar-refractivity contribution in [1.82, 2.24) is 10.3 Å². The molecule has 3 nitrogen and oxygen atoms in total. The maximum absolute atomic E-state index is 12.5. The number of halogens is 1. The Hall–Kier alpha value is -2.39. The maximum atomic E-state index is 12.5.